The van der Waals surface area contributed by atoms with Gasteiger partial charge in [-0.15, -0.1) is 11.3 Å². The maximum atomic E-state index is 13.3. The molecule has 0 atom stereocenters. The highest BCUT2D eigenvalue weighted by molar-refractivity contribution is 7.94. The van der Waals surface area contributed by atoms with Crippen LogP contribution in [0, 0.1) is 0 Å². The Morgan fingerprint density at radius 1 is 1.13 bits per heavy atom. The largest absolute Gasteiger partial charge is 0.487 e. The number of benzene rings is 2. The van der Waals surface area contributed by atoms with Gasteiger partial charge in [0.25, 0.3) is 10.0 Å². The number of rotatable bonds is 7. The van der Waals surface area contributed by atoms with Gasteiger partial charge < -0.3 is 4.74 Å². The molecule has 0 unspecified atom stereocenters. The third-order valence-electron chi connectivity index (χ3n) is 4.12. The molecular formula is C20H19F3N2O3S2. The first kappa shape index (κ1) is 22.1. The van der Waals surface area contributed by atoms with Crippen LogP contribution in [0.4, 0.5) is 18.9 Å². The van der Waals surface area contributed by atoms with Gasteiger partial charge in [0.1, 0.15) is 12.4 Å². The highest BCUT2D eigenvalue weighted by Gasteiger charge is 2.35. The third kappa shape index (κ3) is 4.76. The van der Waals surface area contributed by atoms with E-state index in [0.717, 1.165) is 39.4 Å². The fourth-order valence-corrected chi connectivity index (χ4v) is 5.41. The SMILES string of the molecule is CC(C)N(c1ccc(C(F)(F)F)cc1OCc1ccccc1)S(=O)(=O)c1nccs1. The van der Waals surface area contributed by atoms with Gasteiger partial charge in [-0.3, -0.25) is 4.31 Å². The van der Waals surface area contributed by atoms with Crippen LogP contribution in [-0.4, -0.2) is 19.4 Å². The fourth-order valence-electron chi connectivity index (χ4n) is 2.83. The normalized spacial score (nSPS) is 12.2. The van der Waals surface area contributed by atoms with Crippen LogP contribution in [0.1, 0.15) is 25.0 Å². The Bertz CT molecular complexity index is 1080. The van der Waals surface area contributed by atoms with Crippen LogP contribution in [0.3, 0.4) is 0 Å². The summed E-state index contributed by atoms with van der Waals surface area (Å²) in [6.45, 7) is 3.24. The third-order valence-corrected chi connectivity index (χ3v) is 7.29. The van der Waals surface area contributed by atoms with Gasteiger partial charge in [-0.2, -0.15) is 21.6 Å². The van der Waals surface area contributed by atoms with E-state index in [1.54, 1.807) is 44.2 Å². The second-order valence-corrected chi connectivity index (χ2v) is 9.53. The number of ether oxygens (including phenoxy) is 1. The van der Waals surface area contributed by atoms with Crippen LogP contribution in [0.25, 0.3) is 0 Å². The Labute approximate surface area is 176 Å². The van der Waals surface area contributed by atoms with Gasteiger partial charge in [0, 0.05) is 17.6 Å². The first-order valence-corrected chi connectivity index (χ1v) is 11.2. The number of sulfonamides is 1. The van der Waals surface area contributed by atoms with Crippen molar-refractivity contribution in [3.05, 3.63) is 71.2 Å². The summed E-state index contributed by atoms with van der Waals surface area (Å²) in [5, 5.41) is 1.52. The number of aromatic nitrogens is 1. The first-order valence-electron chi connectivity index (χ1n) is 8.92. The molecule has 0 saturated carbocycles. The van der Waals surface area contributed by atoms with E-state index in [1.807, 2.05) is 0 Å². The minimum Gasteiger partial charge on any atom is -0.487 e. The summed E-state index contributed by atoms with van der Waals surface area (Å²) in [5.74, 6) is -0.178. The highest BCUT2D eigenvalue weighted by atomic mass is 32.2. The second-order valence-electron chi connectivity index (χ2n) is 6.65. The molecule has 3 rings (SSSR count). The first-order chi connectivity index (χ1) is 14.1. The molecule has 0 N–H and O–H groups in total. The maximum Gasteiger partial charge on any atom is 0.416 e. The molecule has 0 aliphatic heterocycles. The van der Waals surface area contributed by atoms with Crippen LogP contribution >= 0.6 is 11.3 Å². The molecule has 0 aliphatic carbocycles. The number of anilines is 1. The Morgan fingerprint density at radius 2 is 1.83 bits per heavy atom. The molecule has 0 aliphatic rings. The summed E-state index contributed by atoms with van der Waals surface area (Å²) < 4.78 is 72.7. The minimum atomic E-state index is -4.60. The number of hydrogen-bond donors (Lipinski definition) is 0. The number of nitrogens with zero attached hydrogens (tertiary/aromatic N) is 2. The van der Waals surface area contributed by atoms with Gasteiger partial charge in [-0.1, -0.05) is 30.3 Å². The Morgan fingerprint density at radius 3 is 2.40 bits per heavy atom. The van der Waals surface area contributed by atoms with E-state index < -0.39 is 27.8 Å². The molecule has 0 saturated heterocycles. The van der Waals surface area contributed by atoms with Crippen molar-refractivity contribution in [1.29, 1.82) is 0 Å². The van der Waals surface area contributed by atoms with E-state index in [2.05, 4.69) is 4.98 Å². The summed E-state index contributed by atoms with van der Waals surface area (Å²) in [5.41, 5.74) is -0.173. The molecule has 1 aromatic heterocycles. The number of halogens is 3. The van der Waals surface area contributed by atoms with Gasteiger partial charge >= 0.3 is 6.18 Å². The predicted molar refractivity (Wildman–Crippen MR) is 109 cm³/mol. The lowest BCUT2D eigenvalue weighted by Gasteiger charge is -2.29. The minimum absolute atomic E-state index is 0.0155. The van der Waals surface area contributed by atoms with Crippen molar-refractivity contribution >= 4 is 27.0 Å². The highest BCUT2D eigenvalue weighted by Crippen LogP contribution is 2.40. The quantitative estimate of drug-likeness (QED) is 0.481. The van der Waals surface area contributed by atoms with Crippen LogP contribution in [0.5, 0.6) is 5.75 Å². The molecule has 0 fully saturated rings. The van der Waals surface area contributed by atoms with Crippen molar-refractivity contribution in [1.82, 2.24) is 4.98 Å². The van der Waals surface area contributed by atoms with E-state index in [4.69, 9.17) is 4.74 Å². The molecule has 5 nitrogen and oxygen atoms in total. The summed E-state index contributed by atoms with van der Waals surface area (Å²) in [6, 6.07) is 11.1. The van der Waals surface area contributed by atoms with Crippen molar-refractivity contribution in [2.75, 3.05) is 4.31 Å². The molecule has 0 radical (unpaired) electrons. The average molecular weight is 457 g/mol. The van der Waals surface area contributed by atoms with Crippen LogP contribution in [0.15, 0.2) is 64.4 Å². The van der Waals surface area contributed by atoms with Crippen molar-refractivity contribution in [2.24, 2.45) is 0 Å². The topological polar surface area (TPSA) is 59.5 Å². The molecule has 160 valence electrons. The molecular weight excluding hydrogens is 437 g/mol. The predicted octanol–water partition coefficient (Wildman–Crippen LogP) is 5.34. The van der Waals surface area contributed by atoms with Crippen LogP contribution in [0.2, 0.25) is 0 Å². The maximum absolute atomic E-state index is 13.3. The van der Waals surface area contributed by atoms with E-state index in [0.29, 0.717) is 0 Å². The Balaban J connectivity index is 2.08. The van der Waals surface area contributed by atoms with Crippen molar-refractivity contribution in [3.63, 3.8) is 0 Å². The number of hydrogen-bond acceptors (Lipinski definition) is 5. The zero-order chi connectivity index (χ0) is 21.9. The van der Waals surface area contributed by atoms with Gasteiger partial charge in [0.2, 0.25) is 4.34 Å². The lowest BCUT2D eigenvalue weighted by molar-refractivity contribution is -0.137. The smallest absolute Gasteiger partial charge is 0.416 e. The van der Waals surface area contributed by atoms with Gasteiger partial charge in [0.05, 0.1) is 11.3 Å². The van der Waals surface area contributed by atoms with Gasteiger partial charge in [-0.25, -0.2) is 4.98 Å². The Hall–Kier alpha value is -2.59. The lowest BCUT2D eigenvalue weighted by atomic mass is 10.1. The molecule has 2 aromatic carbocycles. The molecule has 0 bridgehead atoms. The zero-order valence-corrected chi connectivity index (χ0v) is 17.8. The summed E-state index contributed by atoms with van der Waals surface area (Å²) >= 11 is 0.932. The lowest BCUT2D eigenvalue weighted by Crippen LogP contribution is -2.37. The molecule has 3 aromatic rings. The summed E-state index contributed by atoms with van der Waals surface area (Å²) in [6.07, 6.45) is -3.24. The second kappa shape index (κ2) is 8.65. The van der Waals surface area contributed by atoms with Crippen molar-refractivity contribution in [3.8, 4) is 5.75 Å². The van der Waals surface area contributed by atoms with Gasteiger partial charge in [0.15, 0.2) is 0 Å². The standard InChI is InChI=1S/C20H19F3N2O3S2/c1-14(2)25(30(26,27)19-24-10-11-29-19)17-9-8-16(20(21,22)23)12-18(17)28-13-15-6-4-3-5-7-15/h3-12,14H,13H2,1-2H3. The Kier molecular flexibility index (Phi) is 6.37. The van der Waals surface area contributed by atoms with Crippen molar-refractivity contribution < 1.29 is 26.3 Å². The van der Waals surface area contributed by atoms with E-state index >= 15 is 0 Å². The fraction of sp³-hybridized carbons (Fsp3) is 0.250. The summed E-state index contributed by atoms with van der Waals surface area (Å²) in [7, 11) is -4.08. The molecule has 30 heavy (non-hydrogen) atoms. The molecule has 10 heteroatoms. The molecule has 0 spiro atoms. The molecule has 1 heterocycles. The summed E-state index contributed by atoms with van der Waals surface area (Å²) in [4.78, 5) is 3.86. The number of alkyl halides is 3. The van der Waals surface area contributed by atoms with Crippen LogP contribution in [-0.2, 0) is 22.8 Å². The van der Waals surface area contributed by atoms with E-state index in [1.165, 1.54) is 11.6 Å². The van der Waals surface area contributed by atoms with E-state index in [9.17, 15) is 21.6 Å². The van der Waals surface area contributed by atoms with Crippen molar-refractivity contribution in [2.45, 2.75) is 37.0 Å². The molecule has 0 amide bonds. The van der Waals surface area contributed by atoms with E-state index in [-0.39, 0.29) is 22.4 Å². The van der Waals surface area contributed by atoms with Gasteiger partial charge in [-0.05, 0) is 37.6 Å². The zero-order valence-electron chi connectivity index (χ0n) is 16.1. The van der Waals surface area contributed by atoms with Crippen LogP contribution < -0.4 is 9.04 Å². The average Bonchev–Trinajstić information content (AvgIpc) is 3.22. The number of thiazole rings is 1. The monoisotopic (exact) mass is 456 g/mol.